The van der Waals surface area contributed by atoms with Crippen LogP contribution in [0.3, 0.4) is 0 Å². The van der Waals surface area contributed by atoms with Crippen molar-refractivity contribution in [2.24, 2.45) is 16.3 Å². The Hall–Kier alpha value is -2.62. The molecule has 0 bridgehead atoms. The Balaban J connectivity index is 1.84. The largest absolute Gasteiger partial charge is 0.493 e. The number of Topliss-reactive ketones (excluding diaryl/α,β-unsaturated/α-hetero) is 1. The van der Waals surface area contributed by atoms with Crippen molar-refractivity contribution < 1.29 is 9.53 Å². The number of ether oxygens (including phenoxy) is 1. The summed E-state index contributed by atoms with van der Waals surface area (Å²) in [4.78, 5) is 18.3. The van der Waals surface area contributed by atoms with Crippen LogP contribution < -0.4 is 10.1 Å². The van der Waals surface area contributed by atoms with Crippen molar-refractivity contribution in [1.29, 1.82) is 0 Å². The van der Waals surface area contributed by atoms with Crippen LogP contribution in [0.25, 0.3) is 0 Å². The lowest BCUT2D eigenvalue weighted by Crippen LogP contribution is -2.42. The summed E-state index contributed by atoms with van der Waals surface area (Å²) in [6, 6.07) is 15.9. The van der Waals surface area contributed by atoms with Crippen LogP contribution in [0.5, 0.6) is 5.75 Å². The normalized spacial score (nSPS) is 23.0. The van der Waals surface area contributed by atoms with Crippen molar-refractivity contribution in [1.82, 2.24) is 0 Å². The maximum Gasteiger partial charge on any atom is 0.144 e. The van der Waals surface area contributed by atoms with Crippen molar-refractivity contribution in [2.45, 2.75) is 46.1 Å². The summed E-state index contributed by atoms with van der Waals surface area (Å²) in [7, 11) is 0. The first-order valence-corrected chi connectivity index (χ1v) is 10.2. The Kier molecular flexibility index (Phi) is 4.96. The lowest BCUT2D eigenvalue weighted by Gasteiger charge is -2.37. The van der Waals surface area contributed by atoms with E-state index in [1.165, 1.54) is 0 Å². The highest BCUT2D eigenvalue weighted by Crippen LogP contribution is 2.46. The number of para-hydroxylation sites is 3. The number of aliphatic imine (C=N–C) groups is 1. The number of ketones is 1. The molecule has 0 aromatic heterocycles. The van der Waals surface area contributed by atoms with Crippen LogP contribution >= 0.6 is 0 Å². The first-order chi connectivity index (χ1) is 13.5. The van der Waals surface area contributed by atoms with Crippen molar-refractivity contribution in [3.8, 4) is 5.75 Å². The summed E-state index contributed by atoms with van der Waals surface area (Å²) in [5.41, 5.74) is 3.81. The second-order valence-corrected chi connectivity index (χ2v) is 8.59. The second-order valence-electron chi connectivity index (χ2n) is 8.59. The summed E-state index contributed by atoms with van der Waals surface area (Å²) < 4.78 is 6.03. The molecule has 0 saturated heterocycles. The van der Waals surface area contributed by atoms with Crippen molar-refractivity contribution in [2.75, 3.05) is 11.9 Å². The molecule has 2 atom stereocenters. The average Bonchev–Trinajstić information content (AvgIpc) is 2.82. The standard InChI is InChI=1S/C24H28N2O2/c1-4-13-28-21-12-8-5-9-16(21)23-22-19(14-24(2,3)15-20(22)27)25-17-10-6-7-11-18(17)26-23/h5-12,22-23,26H,4,13-15H2,1-3H3. The molecule has 0 spiro atoms. The number of carbonyl (C=O) groups excluding carboxylic acids is 1. The van der Waals surface area contributed by atoms with Gasteiger partial charge in [-0.3, -0.25) is 9.79 Å². The minimum atomic E-state index is -0.271. The highest BCUT2D eigenvalue weighted by atomic mass is 16.5. The third-order valence-electron chi connectivity index (χ3n) is 5.55. The summed E-state index contributed by atoms with van der Waals surface area (Å²) >= 11 is 0. The Labute approximate surface area is 167 Å². The number of nitrogens with zero attached hydrogens (tertiary/aromatic N) is 1. The van der Waals surface area contributed by atoms with Gasteiger partial charge >= 0.3 is 0 Å². The summed E-state index contributed by atoms with van der Waals surface area (Å²) in [6.07, 6.45) is 2.34. The van der Waals surface area contributed by atoms with E-state index in [2.05, 4.69) is 32.2 Å². The molecule has 4 rings (SSSR count). The van der Waals surface area contributed by atoms with Gasteiger partial charge in [0.1, 0.15) is 11.5 Å². The van der Waals surface area contributed by atoms with E-state index in [9.17, 15) is 4.79 Å². The van der Waals surface area contributed by atoms with Crippen LogP contribution in [-0.2, 0) is 4.79 Å². The van der Waals surface area contributed by atoms with Crippen molar-refractivity contribution in [3.63, 3.8) is 0 Å². The number of hydrogen-bond donors (Lipinski definition) is 1. The predicted octanol–water partition coefficient (Wildman–Crippen LogP) is 5.72. The molecule has 2 aliphatic rings. The van der Waals surface area contributed by atoms with E-state index in [1.54, 1.807) is 0 Å². The monoisotopic (exact) mass is 376 g/mol. The Morgan fingerprint density at radius 1 is 1.11 bits per heavy atom. The van der Waals surface area contributed by atoms with E-state index in [0.717, 1.165) is 41.2 Å². The van der Waals surface area contributed by atoms with Crippen molar-refractivity contribution >= 4 is 22.9 Å². The quantitative estimate of drug-likeness (QED) is 0.742. The van der Waals surface area contributed by atoms with Crippen LogP contribution in [0, 0.1) is 11.3 Å². The zero-order valence-corrected chi connectivity index (χ0v) is 16.9. The molecule has 1 heterocycles. The number of anilines is 1. The highest BCUT2D eigenvalue weighted by Gasteiger charge is 2.44. The Morgan fingerprint density at radius 3 is 2.68 bits per heavy atom. The fraction of sp³-hybridized carbons (Fsp3) is 0.417. The van der Waals surface area contributed by atoms with Crippen LogP contribution in [0.15, 0.2) is 53.5 Å². The molecule has 2 aromatic rings. The van der Waals surface area contributed by atoms with E-state index in [0.29, 0.717) is 13.0 Å². The van der Waals surface area contributed by atoms with Gasteiger partial charge in [-0.25, -0.2) is 0 Å². The molecule has 1 fully saturated rings. The average molecular weight is 377 g/mol. The van der Waals surface area contributed by atoms with Crippen LogP contribution in [0.4, 0.5) is 11.4 Å². The van der Waals surface area contributed by atoms with Gasteiger partial charge in [0.05, 0.1) is 29.9 Å². The van der Waals surface area contributed by atoms with Gasteiger partial charge in [-0.2, -0.15) is 0 Å². The smallest absolute Gasteiger partial charge is 0.144 e. The molecule has 2 unspecified atom stereocenters. The van der Waals surface area contributed by atoms with E-state index in [4.69, 9.17) is 9.73 Å². The van der Waals surface area contributed by atoms with Gasteiger partial charge < -0.3 is 10.1 Å². The molecule has 0 amide bonds. The van der Waals surface area contributed by atoms with Gasteiger partial charge in [-0.1, -0.05) is 51.1 Å². The molecule has 1 aliphatic heterocycles. The third kappa shape index (κ3) is 3.56. The zero-order chi connectivity index (χ0) is 19.7. The zero-order valence-electron chi connectivity index (χ0n) is 16.9. The molecule has 28 heavy (non-hydrogen) atoms. The van der Waals surface area contributed by atoms with E-state index < -0.39 is 0 Å². The fourth-order valence-electron chi connectivity index (χ4n) is 4.35. The SMILES string of the molecule is CCCOc1ccccc1C1Nc2ccccc2N=C2CC(C)(C)CC(=O)C21. The Morgan fingerprint density at radius 2 is 1.86 bits per heavy atom. The van der Waals surface area contributed by atoms with Crippen LogP contribution in [-0.4, -0.2) is 18.1 Å². The number of rotatable bonds is 4. The molecular formula is C24H28N2O2. The van der Waals surface area contributed by atoms with E-state index in [1.807, 2.05) is 42.5 Å². The fourth-order valence-corrected chi connectivity index (χ4v) is 4.35. The summed E-state index contributed by atoms with van der Waals surface area (Å²) in [6.45, 7) is 7.07. The molecule has 0 radical (unpaired) electrons. The second kappa shape index (κ2) is 7.42. The first kappa shape index (κ1) is 18.7. The van der Waals surface area contributed by atoms with Gasteiger partial charge in [0.2, 0.25) is 0 Å². The van der Waals surface area contributed by atoms with Crippen molar-refractivity contribution in [3.05, 3.63) is 54.1 Å². The molecular weight excluding hydrogens is 348 g/mol. The molecule has 2 aromatic carbocycles. The molecule has 146 valence electrons. The highest BCUT2D eigenvalue weighted by molar-refractivity contribution is 6.10. The van der Waals surface area contributed by atoms with E-state index in [-0.39, 0.29) is 23.2 Å². The molecule has 1 aliphatic carbocycles. The number of fused-ring (bicyclic) bond motifs is 2. The summed E-state index contributed by atoms with van der Waals surface area (Å²) in [5, 5.41) is 3.63. The van der Waals surface area contributed by atoms with E-state index >= 15 is 0 Å². The molecule has 4 nitrogen and oxygen atoms in total. The Bertz CT molecular complexity index is 916. The third-order valence-corrected chi connectivity index (χ3v) is 5.55. The lowest BCUT2D eigenvalue weighted by atomic mass is 9.68. The maximum atomic E-state index is 13.3. The first-order valence-electron chi connectivity index (χ1n) is 10.2. The number of carbonyl (C=O) groups is 1. The number of hydrogen-bond acceptors (Lipinski definition) is 4. The molecule has 1 N–H and O–H groups in total. The molecule has 1 saturated carbocycles. The topological polar surface area (TPSA) is 50.7 Å². The number of benzene rings is 2. The predicted molar refractivity (Wildman–Crippen MR) is 114 cm³/mol. The maximum absolute atomic E-state index is 13.3. The molecule has 4 heteroatoms. The van der Waals surface area contributed by atoms with Gasteiger partial charge in [0.15, 0.2) is 0 Å². The minimum Gasteiger partial charge on any atom is -0.493 e. The van der Waals surface area contributed by atoms with Crippen LogP contribution in [0.1, 0.15) is 51.6 Å². The summed E-state index contributed by atoms with van der Waals surface area (Å²) in [5.74, 6) is 0.829. The van der Waals surface area contributed by atoms with Gasteiger partial charge in [-0.05, 0) is 36.5 Å². The number of nitrogens with one attached hydrogen (secondary N) is 1. The minimum absolute atomic E-state index is 0.0610. The lowest BCUT2D eigenvalue weighted by molar-refractivity contribution is -0.124. The van der Waals surface area contributed by atoms with Gasteiger partial charge in [0.25, 0.3) is 0 Å². The van der Waals surface area contributed by atoms with Crippen LogP contribution in [0.2, 0.25) is 0 Å². The van der Waals surface area contributed by atoms with Gasteiger partial charge in [0, 0.05) is 17.7 Å². The van der Waals surface area contributed by atoms with Gasteiger partial charge in [-0.15, -0.1) is 0 Å².